The smallest absolute Gasteiger partial charge is 0.410 e. The Labute approximate surface area is 249 Å². The first-order valence-electron chi connectivity index (χ1n) is 14.2. The minimum Gasteiger partial charge on any atom is -0.487 e. The summed E-state index contributed by atoms with van der Waals surface area (Å²) in [4.78, 5) is 48.8. The van der Waals surface area contributed by atoms with Gasteiger partial charge in [-0.1, -0.05) is 0 Å². The molecule has 1 fully saturated rings. The van der Waals surface area contributed by atoms with Crippen LogP contribution in [0.5, 0.6) is 5.75 Å². The SMILES string of the molecule is CCn1nc(C)cc1-c1ncc(-c2cc(C(N)=O)cc(OCCCN3CCN(C(=O)OC(C)(C)C)CC3)c2[N+](=O)[O-])cn1. The molecule has 14 heteroatoms. The molecular formula is C29H38N8O6. The fourth-order valence-electron chi connectivity index (χ4n) is 4.79. The third-order valence-corrected chi connectivity index (χ3v) is 6.84. The third-order valence-electron chi connectivity index (χ3n) is 6.84. The van der Waals surface area contributed by atoms with Crippen molar-refractivity contribution in [3.63, 3.8) is 0 Å². The van der Waals surface area contributed by atoms with Gasteiger partial charge in [0.2, 0.25) is 5.91 Å². The second kappa shape index (κ2) is 13.2. The lowest BCUT2D eigenvalue weighted by Gasteiger charge is -2.35. The maximum Gasteiger partial charge on any atom is 0.410 e. The maximum absolute atomic E-state index is 12.3. The van der Waals surface area contributed by atoms with Gasteiger partial charge in [-0.25, -0.2) is 14.8 Å². The molecule has 2 amide bonds. The van der Waals surface area contributed by atoms with Crippen molar-refractivity contribution in [3.8, 4) is 28.4 Å². The summed E-state index contributed by atoms with van der Waals surface area (Å²) in [6.45, 7) is 13.3. The van der Waals surface area contributed by atoms with Crippen LogP contribution in [0.1, 0.15) is 50.2 Å². The lowest BCUT2D eigenvalue weighted by atomic mass is 10.0. The van der Waals surface area contributed by atoms with E-state index in [1.807, 2.05) is 40.7 Å². The number of nitrogens with two attached hydrogens (primary N) is 1. The number of amides is 2. The van der Waals surface area contributed by atoms with Crippen LogP contribution in [0.25, 0.3) is 22.6 Å². The van der Waals surface area contributed by atoms with E-state index >= 15 is 0 Å². The molecule has 2 N–H and O–H groups in total. The molecule has 0 aliphatic carbocycles. The average molecular weight is 595 g/mol. The second-order valence-corrected chi connectivity index (χ2v) is 11.3. The van der Waals surface area contributed by atoms with E-state index in [1.54, 1.807) is 9.58 Å². The quantitative estimate of drug-likeness (QED) is 0.207. The standard InChI is InChI=1S/C29H38N8O6/c1-6-36-23(14-19(2)33-36)27-31-17-21(18-32-27)22-15-20(26(30)38)16-24(25(22)37(40)41)42-13-7-8-34-9-11-35(12-10-34)28(39)43-29(3,4)5/h14-18H,6-13H2,1-5H3,(H2,30,38). The Morgan fingerprint density at radius 3 is 2.35 bits per heavy atom. The van der Waals surface area contributed by atoms with Crippen LogP contribution in [-0.4, -0.2) is 91.4 Å². The zero-order valence-corrected chi connectivity index (χ0v) is 25.2. The normalized spacial score (nSPS) is 14.0. The summed E-state index contributed by atoms with van der Waals surface area (Å²) < 4.78 is 13.1. The van der Waals surface area contributed by atoms with Gasteiger partial charge in [-0.3, -0.25) is 24.5 Å². The summed E-state index contributed by atoms with van der Waals surface area (Å²) in [5.74, 6) is -0.387. The van der Waals surface area contributed by atoms with Gasteiger partial charge in [0.05, 0.1) is 22.8 Å². The number of carbonyl (C=O) groups excluding carboxylic acids is 2. The van der Waals surface area contributed by atoms with Crippen molar-refractivity contribution < 1.29 is 24.0 Å². The van der Waals surface area contributed by atoms with Crippen molar-refractivity contribution >= 4 is 17.7 Å². The molecule has 14 nitrogen and oxygen atoms in total. The first kappa shape index (κ1) is 31.3. The van der Waals surface area contributed by atoms with Gasteiger partial charge in [0.15, 0.2) is 11.6 Å². The van der Waals surface area contributed by atoms with Crippen LogP contribution in [0, 0.1) is 17.0 Å². The zero-order valence-electron chi connectivity index (χ0n) is 25.2. The molecule has 4 rings (SSSR count). The predicted octanol–water partition coefficient (Wildman–Crippen LogP) is 3.66. The molecule has 0 unspecified atom stereocenters. The Kier molecular flexibility index (Phi) is 9.59. The number of benzene rings is 1. The summed E-state index contributed by atoms with van der Waals surface area (Å²) in [5.41, 5.74) is 6.78. The van der Waals surface area contributed by atoms with Gasteiger partial charge in [-0.05, 0) is 53.2 Å². The van der Waals surface area contributed by atoms with Gasteiger partial charge in [0.1, 0.15) is 11.3 Å². The van der Waals surface area contributed by atoms with Crippen LogP contribution in [0.4, 0.5) is 10.5 Å². The van der Waals surface area contributed by atoms with Gasteiger partial charge in [0.25, 0.3) is 0 Å². The highest BCUT2D eigenvalue weighted by molar-refractivity contribution is 5.96. The molecule has 0 atom stereocenters. The van der Waals surface area contributed by atoms with Crippen LogP contribution >= 0.6 is 0 Å². The average Bonchev–Trinajstić information content (AvgIpc) is 3.34. The Hall–Kier alpha value is -4.59. The number of nitro groups is 1. The number of primary amides is 1. The van der Waals surface area contributed by atoms with E-state index in [1.165, 1.54) is 24.5 Å². The highest BCUT2D eigenvalue weighted by atomic mass is 16.6. The fourth-order valence-corrected chi connectivity index (χ4v) is 4.79. The minimum absolute atomic E-state index is 0.0604. The number of ether oxygens (including phenoxy) is 2. The van der Waals surface area contributed by atoms with Crippen molar-refractivity contribution in [2.24, 2.45) is 5.73 Å². The molecule has 1 aromatic carbocycles. The lowest BCUT2D eigenvalue weighted by Crippen LogP contribution is -2.50. The summed E-state index contributed by atoms with van der Waals surface area (Å²) >= 11 is 0. The van der Waals surface area contributed by atoms with E-state index in [9.17, 15) is 19.7 Å². The molecule has 3 aromatic rings. The number of piperazine rings is 1. The monoisotopic (exact) mass is 594 g/mol. The van der Waals surface area contributed by atoms with Gasteiger partial charge >= 0.3 is 11.8 Å². The van der Waals surface area contributed by atoms with Crippen molar-refractivity contribution in [2.75, 3.05) is 39.3 Å². The Morgan fingerprint density at radius 2 is 1.77 bits per heavy atom. The van der Waals surface area contributed by atoms with Gasteiger partial charge in [0, 0.05) is 68.9 Å². The summed E-state index contributed by atoms with van der Waals surface area (Å²) in [6.07, 6.45) is 3.19. The maximum atomic E-state index is 12.3. The summed E-state index contributed by atoms with van der Waals surface area (Å²) in [5, 5.41) is 16.6. The number of carbonyl (C=O) groups is 2. The van der Waals surface area contributed by atoms with Crippen LogP contribution in [-0.2, 0) is 11.3 Å². The first-order valence-corrected chi connectivity index (χ1v) is 14.2. The molecule has 2 aromatic heterocycles. The highest BCUT2D eigenvalue weighted by Crippen LogP contribution is 2.39. The van der Waals surface area contributed by atoms with Crippen LogP contribution in [0.15, 0.2) is 30.6 Å². The number of aromatic nitrogens is 4. The molecule has 0 saturated carbocycles. The van der Waals surface area contributed by atoms with E-state index in [2.05, 4.69) is 20.0 Å². The summed E-state index contributed by atoms with van der Waals surface area (Å²) in [6, 6.07) is 4.51. The molecule has 0 bridgehead atoms. The van der Waals surface area contributed by atoms with Gasteiger partial charge < -0.3 is 20.1 Å². The van der Waals surface area contributed by atoms with E-state index in [0.717, 1.165) is 11.4 Å². The van der Waals surface area contributed by atoms with Gasteiger partial charge in [-0.2, -0.15) is 5.10 Å². The molecule has 1 aliphatic heterocycles. The number of hydrogen-bond acceptors (Lipinski definition) is 10. The molecule has 0 spiro atoms. The topological polar surface area (TPSA) is 172 Å². The lowest BCUT2D eigenvalue weighted by molar-refractivity contribution is -0.385. The summed E-state index contributed by atoms with van der Waals surface area (Å²) in [7, 11) is 0. The molecular weight excluding hydrogens is 556 g/mol. The van der Waals surface area contributed by atoms with Crippen molar-refractivity contribution in [1.29, 1.82) is 0 Å². The van der Waals surface area contributed by atoms with E-state index in [0.29, 0.717) is 57.1 Å². The Morgan fingerprint density at radius 1 is 1.09 bits per heavy atom. The predicted molar refractivity (Wildman–Crippen MR) is 159 cm³/mol. The van der Waals surface area contributed by atoms with Crippen LogP contribution in [0.2, 0.25) is 0 Å². The minimum atomic E-state index is -0.747. The number of nitro benzene ring substituents is 1. The molecule has 43 heavy (non-hydrogen) atoms. The third kappa shape index (κ3) is 7.83. The van der Waals surface area contributed by atoms with Crippen LogP contribution in [0.3, 0.4) is 0 Å². The van der Waals surface area contributed by atoms with Crippen molar-refractivity contribution in [3.05, 3.63) is 52.0 Å². The molecule has 1 aliphatic rings. The number of hydrogen-bond donors (Lipinski definition) is 1. The van der Waals surface area contributed by atoms with E-state index in [4.69, 9.17) is 15.2 Å². The van der Waals surface area contributed by atoms with Gasteiger partial charge in [-0.15, -0.1) is 0 Å². The molecule has 1 saturated heterocycles. The number of rotatable bonds is 10. The molecule has 3 heterocycles. The van der Waals surface area contributed by atoms with E-state index < -0.39 is 16.4 Å². The number of nitrogens with zero attached hydrogens (tertiary/aromatic N) is 7. The van der Waals surface area contributed by atoms with E-state index in [-0.39, 0.29) is 35.3 Å². The largest absolute Gasteiger partial charge is 0.487 e. The fraction of sp³-hybridized carbons (Fsp3) is 0.483. The number of aryl methyl sites for hydroxylation is 2. The van der Waals surface area contributed by atoms with Crippen molar-refractivity contribution in [2.45, 2.75) is 53.2 Å². The molecule has 230 valence electrons. The highest BCUT2D eigenvalue weighted by Gasteiger charge is 2.27. The Balaban J connectivity index is 1.45. The second-order valence-electron chi connectivity index (χ2n) is 11.3. The first-order chi connectivity index (χ1) is 20.4. The van der Waals surface area contributed by atoms with Crippen molar-refractivity contribution in [1.82, 2.24) is 29.5 Å². The van der Waals surface area contributed by atoms with Crippen LogP contribution < -0.4 is 10.5 Å². The zero-order chi connectivity index (χ0) is 31.3. The Bertz CT molecular complexity index is 1470. The molecule has 0 radical (unpaired) electrons.